The van der Waals surface area contributed by atoms with Gasteiger partial charge in [-0.15, -0.1) is 0 Å². The summed E-state index contributed by atoms with van der Waals surface area (Å²) in [6, 6.07) is 13.1. The van der Waals surface area contributed by atoms with E-state index in [1.54, 1.807) is 6.20 Å². The Bertz CT molecular complexity index is 637. The van der Waals surface area contributed by atoms with Crippen molar-refractivity contribution in [1.29, 1.82) is 5.26 Å². The smallest absolute Gasteiger partial charge is 0.231 e. The minimum Gasteiger partial charge on any atom is -0.454 e. The second-order valence-corrected chi connectivity index (χ2v) is 4.38. The van der Waals surface area contributed by atoms with Gasteiger partial charge in [-0.25, -0.2) is 0 Å². The van der Waals surface area contributed by atoms with Gasteiger partial charge >= 0.3 is 0 Å². The van der Waals surface area contributed by atoms with Gasteiger partial charge in [0, 0.05) is 12.7 Å². The van der Waals surface area contributed by atoms with Crippen LogP contribution in [0.3, 0.4) is 0 Å². The number of aromatic nitrogens is 1. The molecule has 0 amide bonds. The second kappa shape index (κ2) is 5.59. The van der Waals surface area contributed by atoms with E-state index in [1.165, 1.54) is 0 Å². The molecule has 2 aromatic rings. The van der Waals surface area contributed by atoms with Crippen LogP contribution in [-0.4, -0.2) is 11.8 Å². The lowest BCUT2D eigenvalue weighted by Crippen LogP contribution is -2.20. The van der Waals surface area contributed by atoms with E-state index in [0.717, 1.165) is 17.0 Å². The molecule has 0 bridgehead atoms. The van der Waals surface area contributed by atoms with Crippen LogP contribution in [0.2, 0.25) is 0 Å². The molecule has 5 nitrogen and oxygen atoms in total. The van der Waals surface area contributed by atoms with Gasteiger partial charge in [0.1, 0.15) is 6.04 Å². The fraction of sp³-hybridized carbons (Fsp3) is 0.200. The molecule has 0 spiro atoms. The molecule has 0 saturated heterocycles. The van der Waals surface area contributed by atoms with Crippen molar-refractivity contribution in [1.82, 2.24) is 10.3 Å². The van der Waals surface area contributed by atoms with E-state index >= 15 is 0 Å². The van der Waals surface area contributed by atoms with Crippen LogP contribution in [0.25, 0.3) is 0 Å². The van der Waals surface area contributed by atoms with Gasteiger partial charge in [-0.05, 0) is 29.8 Å². The van der Waals surface area contributed by atoms with Crippen molar-refractivity contribution in [3.63, 3.8) is 0 Å². The molecule has 20 heavy (non-hydrogen) atoms. The summed E-state index contributed by atoms with van der Waals surface area (Å²) in [6.45, 7) is 0.769. The molecule has 0 aliphatic carbocycles. The van der Waals surface area contributed by atoms with Crippen molar-refractivity contribution in [2.75, 3.05) is 6.79 Å². The van der Waals surface area contributed by atoms with E-state index in [2.05, 4.69) is 16.4 Å². The van der Waals surface area contributed by atoms with Crippen LogP contribution in [0.5, 0.6) is 11.5 Å². The van der Waals surface area contributed by atoms with E-state index in [1.807, 2.05) is 36.4 Å². The van der Waals surface area contributed by atoms with Crippen LogP contribution < -0.4 is 14.8 Å². The molecule has 0 fully saturated rings. The summed E-state index contributed by atoms with van der Waals surface area (Å²) in [5.74, 6) is 1.40. The van der Waals surface area contributed by atoms with Crippen molar-refractivity contribution < 1.29 is 9.47 Å². The van der Waals surface area contributed by atoms with Crippen molar-refractivity contribution >= 4 is 0 Å². The van der Waals surface area contributed by atoms with Gasteiger partial charge in [0.2, 0.25) is 6.79 Å². The van der Waals surface area contributed by atoms with Crippen LogP contribution in [0.4, 0.5) is 0 Å². The highest BCUT2D eigenvalue weighted by molar-refractivity contribution is 5.46. The first-order chi connectivity index (χ1) is 9.86. The summed E-state index contributed by atoms with van der Waals surface area (Å²) in [4.78, 5) is 4.22. The first-order valence-electron chi connectivity index (χ1n) is 6.29. The minimum absolute atomic E-state index is 0.234. The Morgan fingerprint density at radius 2 is 2.15 bits per heavy atom. The van der Waals surface area contributed by atoms with E-state index in [0.29, 0.717) is 12.3 Å². The Hall–Kier alpha value is -2.58. The zero-order chi connectivity index (χ0) is 13.8. The molecular formula is C15H13N3O2. The number of rotatable bonds is 4. The van der Waals surface area contributed by atoms with Gasteiger partial charge in [-0.3, -0.25) is 10.3 Å². The molecule has 100 valence electrons. The molecule has 5 heteroatoms. The van der Waals surface area contributed by atoms with Crippen LogP contribution in [0, 0.1) is 11.3 Å². The molecule has 1 aliphatic heterocycles. The Balaban J connectivity index is 1.72. The Morgan fingerprint density at radius 3 is 2.95 bits per heavy atom. The number of fused-ring (bicyclic) bond motifs is 1. The average molecular weight is 267 g/mol. The third-order valence-electron chi connectivity index (χ3n) is 3.07. The van der Waals surface area contributed by atoms with Gasteiger partial charge in [-0.1, -0.05) is 12.1 Å². The summed E-state index contributed by atoms with van der Waals surface area (Å²) in [7, 11) is 0. The van der Waals surface area contributed by atoms with Crippen LogP contribution in [0.15, 0.2) is 42.6 Å². The summed E-state index contributed by atoms with van der Waals surface area (Å²) in [5.41, 5.74) is 1.75. The zero-order valence-corrected chi connectivity index (χ0v) is 10.7. The predicted molar refractivity (Wildman–Crippen MR) is 72.0 cm³/mol. The van der Waals surface area contributed by atoms with Gasteiger partial charge < -0.3 is 9.47 Å². The summed E-state index contributed by atoms with van der Waals surface area (Å²) < 4.78 is 10.6. The number of nitrogens with one attached hydrogen (secondary N) is 1. The molecule has 1 atom stereocenters. The monoisotopic (exact) mass is 267 g/mol. The van der Waals surface area contributed by atoms with Crippen LogP contribution >= 0.6 is 0 Å². The first kappa shape index (κ1) is 12.5. The third-order valence-corrected chi connectivity index (χ3v) is 3.07. The van der Waals surface area contributed by atoms with E-state index in [-0.39, 0.29) is 6.79 Å². The summed E-state index contributed by atoms with van der Waals surface area (Å²) in [5, 5.41) is 12.5. The van der Waals surface area contributed by atoms with E-state index < -0.39 is 6.04 Å². The fourth-order valence-corrected chi connectivity index (χ4v) is 2.04. The van der Waals surface area contributed by atoms with Gasteiger partial charge in [0.15, 0.2) is 11.5 Å². The normalized spacial score (nSPS) is 13.8. The lowest BCUT2D eigenvalue weighted by atomic mass is 10.1. The van der Waals surface area contributed by atoms with Crippen molar-refractivity contribution in [2.24, 2.45) is 0 Å². The number of nitriles is 1. The summed E-state index contributed by atoms with van der Waals surface area (Å²) in [6.07, 6.45) is 1.74. The zero-order valence-electron chi connectivity index (χ0n) is 10.7. The number of ether oxygens (including phenoxy) is 2. The Kier molecular flexibility index (Phi) is 3.48. The highest BCUT2D eigenvalue weighted by Gasteiger charge is 2.17. The third kappa shape index (κ3) is 2.56. The summed E-state index contributed by atoms with van der Waals surface area (Å²) >= 11 is 0. The van der Waals surface area contributed by atoms with Crippen LogP contribution in [0.1, 0.15) is 17.3 Å². The fourth-order valence-electron chi connectivity index (χ4n) is 2.04. The maximum atomic E-state index is 9.30. The Morgan fingerprint density at radius 1 is 1.25 bits per heavy atom. The molecule has 3 rings (SSSR count). The maximum Gasteiger partial charge on any atom is 0.231 e. The molecule has 0 saturated carbocycles. The van der Waals surface area contributed by atoms with Gasteiger partial charge in [0.05, 0.1) is 11.8 Å². The molecule has 1 aromatic heterocycles. The van der Waals surface area contributed by atoms with Crippen molar-refractivity contribution in [3.05, 3.63) is 53.9 Å². The van der Waals surface area contributed by atoms with Crippen molar-refractivity contribution in [3.8, 4) is 17.6 Å². The molecule has 1 unspecified atom stereocenters. The predicted octanol–water partition coefficient (Wildman–Crippen LogP) is 2.16. The number of benzene rings is 1. The maximum absolute atomic E-state index is 9.30. The van der Waals surface area contributed by atoms with Gasteiger partial charge in [-0.2, -0.15) is 5.26 Å². The topological polar surface area (TPSA) is 67.2 Å². The quantitative estimate of drug-likeness (QED) is 0.919. The Labute approximate surface area is 116 Å². The minimum atomic E-state index is -0.411. The number of pyridine rings is 1. The molecule has 1 aromatic carbocycles. The highest BCUT2D eigenvalue weighted by atomic mass is 16.7. The highest BCUT2D eigenvalue weighted by Crippen LogP contribution is 2.34. The average Bonchev–Trinajstić information content (AvgIpc) is 2.96. The lowest BCUT2D eigenvalue weighted by Gasteiger charge is -2.12. The second-order valence-electron chi connectivity index (χ2n) is 4.38. The first-order valence-corrected chi connectivity index (χ1v) is 6.29. The van der Waals surface area contributed by atoms with Crippen LogP contribution in [-0.2, 0) is 6.54 Å². The molecule has 0 radical (unpaired) electrons. The molecule has 1 N–H and O–H groups in total. The number of nitrogens with zero attached hydrogens (tertiary/aromatic N) is 2. The van der Waals surface area contributed by atoms with Crippen molar-refractivity contribution in [2.45, 2.75) is 12.6 Å². The SMILES string of the molecule is N#CC(NCc1ccccn1)c1ccc2c(c1)OCO2. The van der Waals surface area contributed by atoms with E-state index in [4.69, 9.17) is 9.47 Å². The lowest BCUT2D eigenvalue weighted by molar-refractivity contribution is 0.174. The molecular weight excluding hydrogens is 254 g/mol. The number of hydrogen-bond acceptors (Lipinski definition) is 5. The standard InChI is InChI=1S/C15H13N3O2/c16-8-13(18-9-12-3-1-2-6-17-12)11-4-5-14-15(7-11)20-10-19-14/h1-7,13,18H,9-10H2. The van der Waals surface area contributed by atoms with E-state index in [9.17, 15) is 5.26 Å². The molecule has 1 aliphatic rings. The largest absolute Gasteiger partial charge is 0.454 e. The number of hydrogen-bond donors (Lipinski definition) is 1. The van der Waals surface area contributed by atoms with Gasteiger partial charge in [0.25, 0.3) is 0 Å². The molecule has 2 heterocycles.